The lowest BCUT2D eigenvalue weighted by Crippen LogP contribution is -2.04. The van der Waals surface area contributed by atoms with E-state index in [-0.39, 0.29) is 5.56 Å². The van der Waals surface area contributed by atoms with Crippen LogP contribution in [0.1, 0.15) is 0 Å². The fourth-order valence-electron chi connectivity index (χ4n) is 1.67. The average Bonchev–Trinajstić information content (AvgIpc) is 2.40. The normalized spacial score (nSPS) is 10.6. The first-order valence-corrected chi connectivity index (χ1v) is 5.08. The second kappa shape index (κ2) is 3.79. The Morgan fingerprint density at radius 1 is 1.12 bits per heavy atom. The van der Waals surface area contributed by atoms with Crippen molar-refractivity contribution in [2.24, 2.45) is 0 Å². The van der Waals surface area contributed by atoms with Crippen molar-refractivity contribution >= 4 is 10.8 Å². The highest BCUT2D eigenvalue weighted by atomic mass is 16.1. The van der Waals surface area contributed by atoms with Crippen LogP contribution < -0.4 is 5.56 Å². The van der Waals surface area contributed by atoms with Gasteiger partial charge in [-0.15, -0.1) is 0 Å². The van der Waals surface area contributed by atoms with Gasteiger partial charge in [0.05, 0.1) is 16.8 Å². The van der Waals surface area contributed by atoms with Gasteiger partial charge in [0.2, 0.25) is 0 Å². The lowest BCUT2D eigenvalue weighted by molar-refractivity contribution is 1.15. The van der Waals surface area contributed by atoms with Crippen LogP contribution in [0, 0.1) is 0 Å². The van der Waals surface area contributed by atoms with Crippen molar-refractivity contribution in [3.63, 3.8) is 0 Å². The van der Waals surface area contributed by atoms with Gasteiger partial charge < -0.3 is 4.98 Å². The Morgan fingerprint density at radius 2 is 2.06 bits per heavy atom. The van der Waals surface area contributed by atoms with Crippen molar-refractivity contribution in [1.82, 2.24) is 19.9 Å². The average molecular weight is 224 g/mol. The number of hydrogen-bond donors (Lipinski definition) is 1. The zero-order valence-corrected chi connectivity index (χ0v) is 8.79. The number of nitrogens with zero attached hydrogens (tertiary/aromatic N) is 3. The number of nitrogens with one attached hydrogen (secondary N) is 1. The van der Waals surface area contributed by atoms with E-state index in [9.17, 15) is 4.79 Å². The van der Waals surface area contributed by atoms with Crippen LogP contribution in [0.25, 0.3) is 22.2 Å². The molecule has 5 nitrogen and oxygen atoms in total. The van der Waals surface area contributed by atoms with E-state index in [2.05, 4.69) is 19.9 Å². The molecule has 0 bridgehead atoms. The van der Waals surface area contributed by atoms with E-state index in [1.807, 2.05) is 12.1 Å². The van der Waals surface area contributed by atoms with Crippen LogP contribution in [0.3, 0.4) is 0 Å². The monoisotopic (exact) mass is 224 g/mol. The first-order valence-electron chi connectivity index (χ1n) is 5.08. The summed E-state index contributed by atoms with van der Waals surface area (Å²) in [5, 5.41) is 1.42. The van der Waals surface area contributed by atoms with Gasteiger partial charge in [0, 0.05) is 18.6 Å². The van der Waals surface area contributed by atoms with Crippen LogP contribution in [0.2, 0.25) is 0 Å². The van der Waals surface area contributed by atoms with Gasteiger partial charge in [-0.1, -0.05) is 0 Å². The maximum absolute atomic E-state index is 11.5. The Morgan fingerprint density at radius 3 is 2.88 bits per heavy atom. The lowest BCUT2D eigenvalue weighted by atomic mass is 10.1. The summed E-state index contributed by atoms with van der Waals surface area (Å²) in [5.41, 5.74) is 1.33. The first kappa shape index (κ1) is 9.65. The number of H-pyrrole nitrogens is 1. The van der Waals surface area contributed by atoms with E-state index in [1.165, 1.54) is 6.33 Å². The predicted octanol–water partition coefficient (Wildman–Crippen LogP) is 1.38. The molecule has 0 aromatic carbocycles. The SMILES string of the molecule is O=c1[nH]ccc2cc(-c3ccncn3)ncc12. The zero-order valence-electron chi connectivity index (χ0n) is 8.79. The van der Waals surface area contributed by atoms with Crippen LogP contribution in [-0.2, 0) is 0 Å². The quantitative estimate of drug-likeness (QED) is 0.677. The molecule has 0 saturated carbocycles. The summed E-state index contributed by atoms with van der Waals surface area (Å²) >= 11 is 0. The molecule has 0 aliphatic heterocycles. The van der Waals surface area contributed by atoms with E-state index in [1.54, 1.807) is 24.7 Å². The second-order valence-corrected chi connectivity index (χ2v) is 3.56. The summed E-state index contributed by atoms with van der Waals surface area (Å²) in [4.78, 5) is 26.3. The molecule has 0 atom stereocenters. The van der Waals surface area contributed by atoms with Gasteiger partial charge >= 0.3 is 0 Å². The molecule has 0 aliphatic carbocycles. The first-order chi connectivity index (χ1) is 8.34. The molecule has 0 aliphatic rings. The van der Waals surface area contributed by atoms with Crippen LogP contribution >= 0.6 is 0 Å². The summed E-state index contributed by atoms with van der Waals surface area (Å²) in [5.74, 6) is 0. The predicted molar refractivity (Wildman–Crippen MR) is 63.4 cm³/mol. The highest BCUT2D eigenvalue weighted by Crippen LogP contribution is 2.17. The third-order valence-corrected chi connectivity index (χ3v) is 2.50. The third kappa shape index (κ3) is 1.67. The summed E-state index contributed by atoms with van der Waals surface area (Å²) in [6, 6.07) is 5.46. The third-order valence-electron chi connectivity index (χ3n) is 2.50. The van der Waals surface area contributed by atoms with Gasteiger partial charge in [-0.3, -0.25) is 9.78 Å². The Balaban J connectivity index is 2.25. The molecule has 0 saturated heterocycles. The molecule has 0 radical (unpaired) electrons. The van der Waals surface area contributed by atoms with Crippen LogP contribution in [-0.4, -0.2) is 19.9 Å². The Bertz CT molecular complexity index is 721. The molecule has 0 unspecified atom stereocenters. The highest BCUT2D eigenvalue weighted by Gasteiger charge is 2.03. The molecule has 3 aromatic rings. The van der Waals surface area contributed by atoms with E-state index in [4.69, 9.17) is 0 Å². The van der Waals surface area contributed by atoms with E-state index >= 15 is 0 Å². The molecule has 0 fully saturated rings. The van der Waals surface area contributed by atoms with Gasteiger partial charge in [0.1, 0.15) is 6.33 Å². The summed E-state index contributed by atoms with van der Waals surface area (Å²) in [6.07, 6.45) is 6.31. The molecule has 0 spiro atoms. The lowest BCUT2D eigenvalue weighted by Gasteiger charge is -2.00. The summed E-state index contributed by atoms with van der Waals surface area (Å²) in [6.45, 7) is 0. The maximum Gasteiger partial charge on any atom is 0.257 e. The van der Waals surface area contributed by atoms with Crippen molar-refractivity contribution in [1.29, 1.82) is 0 Å². The number of hydrogen-bond acceptors (Lipinski definition) is 4. The van der Waals surface area contributed by atoms with Crippen molar-refractivity contribution in [2.45, 2.75) is 0 Å². The van der Waals surface area contributed by atoms with Gasteiger partial charge in [0.15, 0.2) is 0 Å². The largest absolute Gasteiger partial charge is 0.329 e. The minimum Gasteiger partial charge on any atom is -0.329 e. The molecular formula is C12H8N4O. The molecule has 3 rings (SSSR count). The number of aromatic amines is 1. The Kier molecular flexibility index (Phi) is 2.15. The van der Waals surface area contributed by atoms with Gasteiger partial charge in [-0.05, 0) is 23.6 Å². The fourth-order valence-corrected chi connectivity index (χ4v) is 1.67. The fraction of sp³-hybridized carbons (Fsp3) is 0. The molecular weight excluding hydrogens is 216 g/mol. The van der Waals surface area contributed by atoms with Gasteiger partial charge in [-0.25, -0.2) is 9.97 Å². The summed E-state index contributed by atoms with van der Waals surface area (Å²) in [7, 11) is 0. The van der Waals surface area contributed by atoms with Crippen LogP contribution in [0.15, 0.2) is 47.9 Å². The van der Waals surface area contributed by atoms with E-state index in [0.717, 1.165) is 16.8 Å². The molecule has 3 heterocycles. The van der Waals surface area contributed by atoms with Crippen LogP contribution in [0.5, 0.6) is 0 Å². The van der Waals surface area contributed by atoms with E-state index in [0.29, 0.717) is 5.39 Å². The van der Waals surface area contributed by atoms with Crippen molar-refractivity contribution < 1.29 is 0 Å². The number of rotatable bonds is 1. The number of aromatic nitrogens is 4. The number of fused-ring (bicyclic) bond motifs is 1. The van der Waals surface area contributed by atoms with Crippen molar-refractivity contribution in [2.75, 3.05) is 0 Å². The standard InChI is InChI=1S/C12H8N4O/c17-12-9-6-15-11(5-8(9)1-4-14-12)10-2-3-13-7-16-10/h1-7H,(H,14,17). The molecule has 82 valence electrons. The maximum atomic E-state index is 11.5. The highest BCUT2D eigenvalue weighted by molar-refractivity contribution is 5.83. The second-order valence-electron chi connectivity index (χ2n) is 3.56. The Hall–Kier alpha value is -2.56. The molecule has 17 heavy (non-hydrogen) atoms. The minimum absolute atomic E-state index is 0.135. The van der Waals surface area contributed by atoms with Gasteiger partial charge in [0.25, 0.3) is 5.56 Å². The van der Waals surface area contributed by atoms with Crippen molar-refractivity contribution in [3.8, 4) is 11.4 Å². The van der Waals surface area contributed by atoms with Crippen LogP contribution in [0.4, 0.5) is 0 Å². The number of pyridine rings is 2. The van der Waals surface area contributed by atoms with Crippen molar-refractivity contribution in [3.05, 3.63) is 53.5 Å². The molecule has 1 N–H and O–H groups in total. The molecule has 3 aromatic heterocycles. The smallest absolute Gasteiger partial charge is 0.257 e. The molecule has 5 heteroatoms. The summed E-state index contributed by atoms with van der Waals surface area (Å²) < 4.78 is 0. The Labute approximate surface area is 96.2 Å². The zero-order chi connectivity index (χ0) is 11.7. The van der Waals surface area contributed by atoms with Gasteiger partial charge in [-0.2, -0.15) is 0 Å². The molecule has 0 amide bonds. The van der Waals surface area contributed by atoms with E-state index < -0.39 is 0 Å². The topological polar surface area (TPSA) is 71.5 Å². The minimum atomic E-state index is -0.135.